The van der Waals surface area contributed by atoms with Gasteiger partial charge in [0.1, 0.15) is 11.8 Å². The maximum Gasteiger partial charge on any atom is 0.326 e. The second-order valence-corrected chi connectivity index (χ2v) is 7.70. The van der Waals surface area contributed by atoms with Crippen molar-refractivity contribution in [2.75, 3.05) is 19.7 Å². The van der Waals surface area contributed by atoms with Crippen LogP contribution in [0.3, 0.4) is 0 Å². The third-order valence-electron chi connectivity index (χ3n) is 4.99. The summed E-state index contributed by atoms with van der Waals surface area (Å²) in [4.78, 5) is 37.9. The average Bonchev–Trinajstić information content (AvgIpc) is 2.65. The van der Waals surface area contributed by atoms with Gasteiger partial charge in [-0.3, -0.25) is 9.59 Å². The van der Waals surface area contributed by atoms with E-state index in [1.807, 2.05) is 18.7 Å². The minimum absolute atomic E-state index is 0.0261. The lowest BCUT2D eigenvalue weighted by Gasteiger charge is -2.27. The molecule has 1 aliphatic heterocycles. The second-order valence-electron chi connectivity index (χ2n) is 7.70. The van der Waals surface area contributed by atoms with Gasteiger partial charge in [0.05, 0.1) is 0 Å². The molecule has 2 N–H and O–H groups in total. The highest BCUT2D eigenvalue weighted by Crippen LogP contribution is 2.25. The van der Waals surface area contributed by atoms with Crippen LogP contribution in [0.25, 0.3) is 0 Å². The molecule has 0 bridgehead atoms. The lowest BCUT2D eigenvalue weighted by atomic mass is 10.0. The Morgan fingerprint density at radius 3 is 2.18 bits per heavy atom. The highest BCUT2D eigenvalue weighted by molar-refractivity contribution is 5.97. The van der Waals surface area contributed by atoms with Crippen molar-refractivity contribution in [3.05, 3.63) is 28.8 Å². The largest absolute Gasteiger partial charge is 0.483 e. The van der Waals surface area contributed by atoms with Crippen molar-refractivity contribution in [1.82, 2.24) is 10.2 Å². The zero-order valence-corrected chi connectivity index (χ0v) is 17.1. The number of carboxylic acids is 1. The third kappa shape index (κ3) is 5.47. The van der Waals surface area contributed by atoms with Crippen LogP contribution in [0.4, 0.5) is 0 Å². The molecule has 7 heteroatoms. The van der Waals surface area contributed by atoms with Gasteiger partial charge in [0, 0.05) is 18.7 Å². The van der Waals surface area contributed by atoms with Gasteiger partial charge in [-0.1, -0.05) is 13.8 Å². The molecule has 28 heavy (non-hydrogen) atoms. The van der Waals surface area contributed by atoms with E-state index in [0.717, 1.165) is 43.5 Å². The van der Waals surface area contributed by atoms with Crippen LogP contribution in [0, 0.1) is 19.8 Å². The highest BCUT2D eigenvalue weighted by atomic mass is 16.5. The molecule has 0 saturated carbocycles. The van der Waals surface area contributed by atoms with E-state index in [2.05, 4.69) is 5.32 Å². The van der Waals surface area contributed by atoms with E-state index in [0.29, 0.717) is 11.3 Å². The van der Waals surface area contributed by atoms with Crippen LogP contribution in [0.15, 0.2) is 12.1 Å². The Labute approximate surface area is 166 Å². The number of aliphatic carboxylic acids is 1. The molecule has 0 spiro atoms. The number of piperidine rings is 1. The maximum atomic E-state index is 12.5. The van der Waals surface area contributed by atoms with E-state index in [1.54, 1.807) is 26.0 Å². The Balaban J connectivity index is 2.06. The zero-order valence-electron chi connectivity index (χ0n) is 17.1. The van der Waals surface area contributed by atoms with Crippen LogP contribution in [0.2, 0.25) is 0 Å². The number of nitrogens with zero attached hydrogens (tertiary/aromatic N) is 1. The molecule has 1 heterocycles. The Bertz CT molecular complexity index is 715. The van der Waals surface area contributed by atoms with E-state index < -0.39 is 17.9 Å². The molecule has 1 atom stereocenters. The first kappa shape index (κ1) is 21.7. The van der Waals surface area contributed by atoms with Crippen molar-refractivity contribution in [3.8, 4) is 5.75 Å². The lowest BCUT2D eigenvalue weighted by Crippen LogP contribution is -2.44. The number of carbonyl (C=O) groups excluding carboxylic acids is 2. The lowest BCUT2D eigenvalue weighted by molar-refractivity contribution is -0.140. The average molecular weight is 390 g/mol. The van der Waals surface area contributed by atoms with Gasteiger partial charge in [-0.25, -0.2) is 4.79 Å². The Morgan fingerprint density at radius 1 is 1.11 bits per heavy atom. The van der Waals surface area contributed by atoms with Crippen molar-refractivity contribution in [1.29, 1.82) is 0 Å². The number of carboxylic acid groups (broad SMARTS) is 1. The van der Waals surface area contributed by atoms with Gasteiger partial charge in [-0.05, 0) is 62.3 Å². The predicted octanol–water partition coefficient (Wildman–Crippen LogP) is 2.53. The number of likely N-dealkylation sites (tertiary alicyclic amines) is 1. The van der Waals surface area contributed by atoms with Crippen molar-refractivity contribution >= 4 is 17.8 Å². The molecule has 154 valence electrons. The van der Waals surface area contributed by atoms with E-state index in [4.69, 9.17) is 4.74 Å². The summed E-state index contributed by atoms with van der Waals surface area (Å²) < 4.78 is 5.76. The van der Waals surface area contributed by atoms with Gasteiger partial charge in [-0.15, -0.1) is 0 Å². The first-order valence-corrected chi connectivity index (χ1v) is 9.76. The van der Waals surface area contributed by atoms with E-state index in [1.165, 1.54) is 0 Å². The number of nitrogens with one attached hydrogen (secondary N) is 1. The molecular formula is C21H30N2O5. The molecule has 0 aromatic heterocycles. The Kier molecular flexibility index (Phi) is 7.43. The van der Waals surface area contributed by atoms with Crippen LogP contribution < -0.4 is 10.1 Å². The number of hydrogen-bond donors (Lipinski definition) is 2. The highest BCUT2D eigenvalue weighted by Gasteiger charge is 2.24. The van der Waals surface area contributed by atoms with Gasteiger partial charge in [0.25, 0.3) is 11.8 Å². The monoisotopic (exact) mass is 390 g/mol. The normalized spacial score (nSPS) is 15.2. The standard InChI is InChI=1S/C21H30N2O5/c1-13(2)18(21(26)27)22-20(25)16-10-14(3)19(15(4)11-16)28-12-17(24)23-8-6-5-7-9-23/h10-11,13,18H,5-9,12H2,1-4H3,(H,22,25)(H,26,27)/t18-/m0/s1. The number of amides is 2. The molecule has 1 aliphatic rings. The topological polar surface area (TPSA) is 95.9 Å². The van der Waals surface area contributed by atoms with Crippen LogP contribution in [-0.4, -0.2) is 53.5 Å². The van der Waals surface area contributed by atoms with Crippen molar-refractivity contribution in [3.63, 3.8) is 0 Å². The van der Waals surface area contributed by atoms with Crippen molar-refractivity contribution in [2.24, 2.45) is 5.92 Å². The number of hydrogen-bond acceptors (Lipinski definition) is 4. The predicted molar refractivity (Wildman–Crippen MR) is 106 cm³/mol. The van der Waals surface area contributed by atoms with Gasteiger partial charge in [0.2, 0.25) is 0 Å². The molecule has 1 saturated heterocycles. The minimum atomic E-state index is -1.06. The fourth-order valence-electron chi connectivity index (χ4n) is 3.42. The van der Waals surface area contributed by atoms with Gasteiger partial charge < -0.3 is 20.1 Å². The van der Waals surface area contributed by atoms with Crippen molar-refractivity contribution in [2.45, 2.75) is 53.0 Å². The quantitative estimate of drug-likeness (QED) is 0.746. The minimum Gasteiger partial charge on any atom is -0.483 e. The number of ether oxygens (including phenoxy) is 1. The van der Waals surface area contributed by atoms with Crippen LogP contribution in [0.5, 0.6) is 5.75 Å². The molecule has 0 radical (unpaired) electrons. The molecule has 1 aromatic carbocycles. The third-order valence-corrected chi connectivity index (χ3v) is 4.99. The summed E-state index contributed by atoms with van der Waals surface area (Å²) in [6.07, 6.45) is 3.22. The summed E-state index contributed by atoms with van der Waals surface area (Å²) in [6, 6.07) is 2.36. The number of aryl methyl sites for hydroxylation is 2. The summed E-state index contributed by atoms with van der Waals surface area (Å²) in [7, 11) is 0. The van der Waals surface area contributed by atoms with Gasteiger partial charge in [0.15, 0.2) is 6.61 Å². The van der Waals surface area contributed by atoms with Crippen LogP contribution >= 0.6 is 0 Å². The number of rotatable bonds is 7. The molecule has 2 rings (SSSR count). The summed E-state index contributed by atoms with van der Waals surface area (Å²) in [5.41, 5.74) is 1.83. The first-order chi connectivity index (χ1) is 13.2. The molecule has 0 aliphatic carbocycles. The Hall–Kier alpha value is -2.57. The van der Waals surface area contributed by atoms with Gasteiger partial charge >= 0.3 is 5.97 Å². The zero-order chi connectivity index (χ0) is 20.8. The fraction of sp³-hybridized carbons (Fsp3) is 0.571. The Morgan fingerprint density at radius 2 is 1.68 bits per heavy atom. The van der Waals surface area contributed by atoms with E-state index in [9.17, 15) is 19.5 Å². The van der Waals surface area contributed by atoms with Gasteiger partial charge in [-0.2, -0.15) is 0 Å². The summed E-state index contributed by atoms with van der Waals surface area (Å²) in [6.45, 7) is 8.63. The SMILES string of the molecule is Cc1cc(C(=O)N[C@H](C(=O)O)C(C)C)cc(C)c1OCC(=O)N1CCCCC1. The number of benzene rings is 1. The smallest absolute Gasteiger partial charge is 0.326 e. The van der Waals surface area contributed by atoms with Crippen LogP contribution in [0.1, 0.15) is 54.6 Å². The molecular weight excluding hydrogens is 360 g/mol. The first-order valence-electron chi connectivity index (χ1n) is 9.76. The van der Waals surface area contributed by atoms with Crippen molar-refractivity contribution < 1.29 is 24.2 Å². The molecule has 1 aromatic rings. The summed E-state index contributed by atoms with van der Waals surface area (Å²) in [5, 5.41) is 11.8. The molecule has 1 fully saturated rings. The maximum absolute atomic E-state index is 12.5. The summed E-state index contributed by atoms with van der Waals surface area (Å²) in [5.74, 6) is -1.18. The number of carbonyl (C=O) groups is 3. The molecule has 0 unspecified atom stereocenters. The fourth-order valence-corrected chi connectivity index (χ4v) is 3.42. The van der Waals surface area contributed by atoms with E-state index in [-0.39, 0.29) is 18.4 Å². The summed E-state index contributed by atoms with van der Waals surface area (Å²) >= 11 is 0. The second kappa shape index (κ2) is 9.57. The molecule has 2 amide bonds. The van der Waals surface area contributed by atoms with Crippen LogP contribution in [-0.2, 0) is 9.59 Å². The van der Waals surface area contributed by atoms with E-state index >= 15 is 0 Å². The molecule has 7 nitrogen and oxygen atoms in total.